The van der Waals surface area contributed by atoms with E-state index in [9.17, 15) is 0 Å². The molecule has 5 heteroatoms. The number of nitrogens with zero attached hydrogens (tertiary/aromatic N) is 2. The standard InChI is InChI=1S/C15H15N3S2/c1-10(14(16)19)9-18-12-6-3-2-5-11(12)17-15(18)13-7-4-8-20-13/h2-8,10H,9H2,1H3,(H2,16,19). The van der Waals surface area contributed by atoms with E-state index in [0.717, 1.165) is 28.3 Å². The zero-order chi connectivity index (χ0) is 14.1. The van der Waals surface area contributed by atoms with Gasteiger partial charge in [-0.05, 0) is 23.6 Å². The summed E-state index contributed by atoms with van der Waals surface area (Å²) >= 11 is 6.80. The summed E-state index contributed by atoms with van der Waals surface area (Å²) in [6.45, 7) is 2.80. The fourth-order valence-electron chi connectivity index (χ4n) is 2.22. The van der Waals surface area contributed by atoms with E-state index in [4.69, 9.17) is 22.9 Å². The number of nitrogens with two attached hydrogens (primary N) is 1. The fraction of sp³-hybridized carbons (Fsp3) is 0.200. The Kier molecular flexibility index (Phi) is 3.54. The van der Waals surface area contributed by atoms with Gasteiger partial charge in [-0.15, -0.1) is 11.3 Å². The van der Waals surface area contributed by atoms with Crippen LogP contribution in [0.15, 0.2) is 41.8 Å². The van der Waals surface area contributed by atoms with Crippen LogP contribution in [0.3, 0.4) is 0 Å². The van der Waals surface area contributed by atoms with E-state index in [2.05, 4.69) is 29.0 Å². The number of aromatic nitrogens is 2. The van der Waals surface area contributed by atoms with Crippen LogP contribution in [0.5, 0.6) is 0 Å². The lowest BCUT2D eigenvalue weighted by Crippen LogP contribution is -2.23. The van der Waals surface area contributed by atoms with E-state index >= 15 is 0 Å². The highest BCUT2D eigenvalue weighted by atomic mass is 32.1. The Morgan fingerprint density at radius 1 is 1.35 bits per heavy atom. The first-order chi connectivity index (χ1) is 9.66. The van der Waals surface area contributed by atoms with Crippen LogP contribution >= 0.6 is 23.6 Å². The molecular formula is C15H15N3S2. The highest BCUT2D eigenvalue weighted by molar-refractivity contribution is 7.80. The zero-order valence-electron chi connectivity index (χ0n) is 11.1. The first kappa shape index (κ1) is 13.3. The molecule has 1 atom stereocenters. The fourth-order valence-corrected chi connectivity index (χ4v) is 3.01. The molecule has 0 radical (unpaired) electrons. The molecule has 0 fully saturated rings. The van der Waals surface area contributed by atoms with E-state index in [1.165, 1.54) is 0 Å². The molecule has 3 aromatic rings. The van der Waals surface area contributed by atoms with Crippen LogP contribution in [0, 0.1) is 5.92 Å². The molecule has 102 valence electrons. The van der Waals surface area contributed by atoms with E-state index < -0.39 is 0 Å². The number of imidazole rings is 1. The molecule has 0 aliphatic carbocycles. The zero-order valence-corrected chi connectivity index (χ0v) is 12.7. The maximum absolute atomic E-state index is 5.77. The molecule has 0 saturated carbocycles. The van der Waals surface area contributed by atoms with Gasteiger partial charge in [0, 0.05) is 12.5 Å². The number of rotatable bonds is 4. The van der Waals surface area contributed by atoms with Crippen molar-refractivity contribution < 1.29 is 0 Å². The van der Waals surface area contributed by atoms with E-state index in [1.54, 1.807) is 11.3 Å². The molecular weight excluding hydrogens is 286 g/mol. The molecule has 0 bridgehead atoms. The van der Waals surface area contributed by atoms with Gasteiger partial charge in [-0.1, -0.05) is 37.3 Å². The number of hydrogen-bond acceptors (Lipinski definition) is 3. The topological polar surface area (TPSA) is 43.8 Å². The van der Waals surface area contributed by atoms with Crippen LogP contribution in [-0.4, -0.2) is 14.5 Å². The predicted molar refractivity (Wildman–Crippen MR) is 89.0 cm³/mol. The van der Waals surface area contributed by atoms with E-state index in [-0.39, 0.29) is 5.92 Å². The summed E-state index contributed by atoms with van der Waals surface area (Å²) in [4.78, 5) is 6.46. The summed E-state index contributed by atoms with van der Waals surface area (Å²) in [5.74, 6) is 1.13. The molecule has 0 aliphatic rings. The molecule has 2 heterocycles. The van der Waals surface area contributed by atoms with Gasteiger partial charge in [-0.25, -0.2) is 4.98 Å². The van der Waals surface area contributed by atoms with Crippen LogP contribution < -0.4 is 5.73 Å². The van der Waals surface area contributed by atoms with Gasteiger partial charge in [0.1, 0.15) is 0 Å². The first-order valence-electron chi connectivity index (χ1n) is 6.45. The van der Waals surface area contributed by atoms with Crippen LogP contribution in [0.25, 0.3) is 21.7 Å². The SMILES string of the molecule is CC(Cn1c(-c2cccs2)nc2ccccc21)C(N)=S. The van der Waals surface area contributed by atoms with Crippen molar-refractivity contribution in [1.29, 1.82) is 0 Å². The monoisotopic (exact) mass is 301 g/mol. The van der Waals surface area contributed by atoms with Gasteiger partial charge >= 0.3 is 0 Å². The first-order valence-corrected chi connectivity index (χ1v) is 7.74. The lowest BCUT2D eigenvalue weighted by atomic mass is 10.2. The number of thiocarbonyl (C=S) groups is 1. The molecule has 0 aliphatic heterocycles. The highest BCUT2D eigenvalue weighted by Gasteiger charge is 2.16. The van der Waals surface area contributed by atoms with Gasteiger partial charge in [-0.2, -0.15) is 0 Å². The van der Waals surface area contributed by atoms with E-state index in [1.807, 2.05) is 24.3 Å². The maximum atomic E-state index is 5.77. The van der Waals surface area contributed by atoms with Gasteiger partial charge < -0.3 is 10.3 Å². The van der Waals surface area contributed by atoms with Gasteiger partial charge in [0.15, 0.2) is 5.82 Å². The predicted octanol–water partition coefficient (Wildman–Crippen LogP) is 3.69. The third-order valence-electron chi connectivity index (χ3n) is 3.34. The van der Waals surface area contributed by atoms with Gasteiger partial charge in [0.05, 0.1) is 20.9 Å². The van der Waals surface area contributed by atoms with Crippen molar-refractivity contribution in [3.8, 4) is 10.7 Å². The minimum absolute atomic E-state index is 0.140. The lowest BCUT2D eigenvalue weighted by molar-refractivity contribution is 0.618. The summed E-state index contributed by atoms with van der Waals surface area (Å²) in [7, 11) is 0. The van der Waals surface area contributed by atoms with E-state index in [0.29, 0.717) is 4.99 Å². The molecule has 0 saturated heterocycles. The van der Waals surface area contributed by atoms with Crippen LogP contribution in [0.1, 0.15) is 6.92 Å². The largest absolute Gasteiger partial charge is 0.393 e. The Morgan fingerprint density at radius 2 is 2.15 bits per heavy atom. The second-order valence-corrected chi connectivity index (χ2v) is 6.23. The molecule has 1 aromatic carbocycles. The van der Waals surface area contributed by atoms with Crippen molar-refractivity contribution >= 4 is 39.6 Å². The Bertz CT molecular complexity index is 744. The minimum atomic E-state index is 0.140. The van der Waals surface area contributed by atoms with Gasteiger partial charge in [-0.3, -0.25) is 0 Å². The summed E-state index contributed by atoms with van der Waals surface area (Å²) < 4.78 is 2.21. The lowest BCUT2D eigenvalue weighted by Gasteiger charge is -2.13. The van der Waals surface area contributed by atoms with Crippen molar-refractivity contribution in [3.05, 3.63) is 41.8 Å². The Hall–Kier alpha value is -1.72. The molecule has 1 unspecified atom stereocenters. The van der Waals surface area contributed by atoms with Crippen LogP contribution in [0.2, 0.25) is 0 Å². The van der Waals surface area contributed by atoms with Crippen molar-refractivity contribution in [2.75, 3.05) is 0 Å². The number of fused-ring (bicyclic) bond motifs is 1. The van der Waals surface area contributed by atoms with Crippen molar-refractivity contribution in [2.24, 2.45) is 11.7 Å². The molecule has 0 amide bonds. The summed E-state index contributed by atoms with van der Waals surface area (Å²) in [5, 5.41) is 2.07. The average molecular weight is 301 g/mol. The molecule has 2 N–H and O–H groups in total. The van der Waals surface area contributed by atoms with Gasteiger partial charge in [0.25, 0.3) is 0 Å². The molecule has 3 nitrogen and oxygen atoms in total. The number of hydrogen-bond donors (Lipinski definition) is 1. The van der Waals surface area contributed by atoms with Crippen LogP contribution in [-0.2, 0) is 6.54 Å². The third-order valence-corrected chi connectivity index (χ3v) is 4.61. The maximum Gasteiger partial charge on any atom is 0.151 e. The van der Waals surface area contributed by atoms with Crippen LogP contribution in [0.4, 0.5) is 0 Å². The summed E-state index contributed by atoms with van der Waals surface area (Å²) in [6, 6.07) is 12.3. The Balaban J connectivity index is 2.16. The average Bonchev–Trinajstić information content (AvgIpc) is 3.06. The second kappa shape index (κ2) is 5.34. The molecule has 20 heavy (non-hydrogen) atoms. The third kappa shape index (κ3) is 2.34. The number of benzene rings is 1. The molecule has 3 rings (SSSR count). The Labute approximate surface area is 127 Å². The Morgan fingerprint density at radius 3 is 2.85 bits per heavy atom. The second-order valence-electron chi connectivity index (χ2n) is 4.82. The van der Waals surface area contributed by atoms with Crippen molar-refractivity contribution in [3.63, 3.8) is 0 Å². The molecule has 2 aromatic heterocycles. The summed E-state index contributed by atoms with van der Waals surface area (Å²) in [5.41, 5.74) is 7.90. The number of para-hydroxylation sites is 2. The minimum Gasteiger partial charge on any atom is -0.393 e. The normalized spacial score (nSPS) is 12.7. The van der Waals surface area contributed by atoms with Crippen molar-refractivity contribution in [1.82, 2.24) is 9.55 Å². The number of thiophene rings is 1. The van der Waals surface area contributed by atoms with Crippen molar-refractivity contribution in [2.45, 2.75) is 13.5 Å². The quantitative estimate of drug-likeness (QED) is 0.747. The van der Waals surface area contributed by atoms with Gasteiger partial charge in [0.2, 0.25) is 0 Å². The molecule has 0 spiro atoms. The summed E-state index contributed by atoms with van der Waals surface area (Å²) in [6.07, 6.45) is 0. The smallest absolute Gasteiger partial charge is 0.151 e. The highest BCUT2D eigenvalue weighted by Crippen LogP contribution is 2.28.